The predicted octanol–water partition coefficient (Wildman–Crippen LogP) is 10.1. The van der Waals surface area contributed by atoms with E-state index in [0.717, 1.165) is 4.90 Å². The molecule has 1 amide bonds. The van der Waals surface area contributed by atoms with Crippen LogP contribution in [0.2, 0.25) is 0 Å². The van der Waals surface area contributed by atoms with Gasteiger partial charge in [0, 0.05) is 31.9 Å². The van der Waals surface area contributed by atoms with Gasteiger partial charge in [0.15, 0.2) is 5.16 Å². The number of amides is 1. The van der Waals surface area contributed by atoms with Crippen LogP contribution >= 0.6 is 11.8 Å². The molecule has 0 aliphatic heterocycles. The Bertz CT molecular complexity index is 1820. The molecule has 0 fully saturated rings. The van der Waals surface area contributed by atoms with Crippen molar-refractivity contribution in [2.45, 2.75) is 49.9 Å². The molecule has 4 aromatic rings. The molecule has 1 N–H and O–H groups in total. The summed E-state index contributed by atoms with van der Waals surface area (Å²) in [6.45, 7) is 1.00. The molecule has 1 aromatic heterocycles. The zero-order valence-electron chi connectivity index (χ0n) is 27.3. The summed E-state index contributed by atoms with van der Waals surface area (Å²) >= 11 is 1.19. The molecule has 0 spiro atoms. The van der Waals surface area contributed by atoms with E-state index in [1.54, 1.807) is 13.2 Å². The second-order valence-electron chi connectivity index (χ2n) is 11.1. The maximum atomic E-state index is 13.6. The lowest BCUT2D eigenvalue weighted by Crippen LogP contribution is -2.27. The summed E-state index contributed by atoms with van der Waals surface area (Å²) in [6, 6.07) is 6.52. The number of aromatic nitrogens is 2. The van der Waals surface area contributed by atoms with Crippen LogP contribution in [0, 0.1) is 12.7 Å². The van der Waals surface area contributed by atoms with Crippen molar-refractivity contribution in [1.82, 2.24) is 20.2 Å². The number of carbonyl (C=O) groups excluding carboxylic acids is 1. The Kier molecular flexibility index (Phi) is 13.0. The van der Waals surface area contributed by atoms with Gasteiger partial charge in [0.25, 0.3) is 5.91 Å². The lowest BCUT2D eigenvalue weighted by atomic mass is 10.0. The standard InChI is InChI=1S/C23H18F7N3OS.C10H9F6N/c1-12-6-16(24)4-5-17(12)19-18(10-31-21(32-19)35-3)20(34)33(2)11-13-7-14(22(25,26)27)9-15(8-13)23(28,29)30;1-17-5-6-2-7(9(11,12)13)4-8(3-6)10(14,15)16/h4-10H,11H2,1-3H3;2-4,17H,5H2,1H3. The first kappa shape index (κ1) is 42.0. The molecule has 0 radical (unpaired) electrons. The molecule has 0 unspecified atom stereocenters. The van der Waals surface area contributed by atoms with Gasteiger partial charge in [0.2, 0.25) is 0 Å². The van der Waals surface area contributed by atoms with Gasteiger partial charge in [-0.25, -0.2) is 14.4 Å². The molecule has 282 valence electrons. The van der Waals surface area contributed by atoms with E-state index in [9.17, 15) is 61.9 Å². The first-order valence-corrected chi connectivity index (χ1v) is 15.7. The summed E-state index contributed by atoms with van der Waals surface area (Å²) < 4.78 is 167. The fourth-order valence-electron chi connectivity index (χ4n) is 4.71. The van der Waals surface area contributed by atoms with E-state index in [1.165, 1.54) is 50.3 Å². The number of halogens is 13. The van der Waals surface area contributed by atoms with Crippen molar-refractivity contribution in [3.8, 4) is 11.3 Å². The normalized spacial score (nSPS) is 12.3. The zero-order valence-corrected chi connectivity index (χ0v) is 28.1. The van der Waals surface area contributed by atoms with Crippen LogP contribution in [0.5, 0.6) is 0 Å². The smallest absolute Gasteiger partial charge is 0.337 e. The molecular formula is C33H27F13N4OS. The minimum atomic E-state index is -5.01. The van der Waals surface area contributed by atoms with Crippen LogP contribution in [-0.2, 0) is 37.8 Å². The van der Waals surface area contributed by atoms with Crippen molar-refractivity contribution < 1.29 is 61.9 Å². The molecule has 0 aliphatic rings. The van der Waals surface area contributed by atoms with Crippen LogP contribution in [0.1, 0.15) is 49.3 Å². The maximum absolute atomic E-state index is 13.6. The number of alkyl halides is 12. The van der Waals surface area contributed by atoms with Crippen molar-refractivity contribution in [3.63, 3.8) is 0 Å². The largest absolute Gasteiger partial charge is 0.416 e. The Hall–Kier alpha value is -4.39. The molecule has 0 atom stereocenters. The summed E-state index contributed by atoms with van der Waals surface area (Å²) in [6.07, 6.45) is -16.7. The molecule has 3 aromatic carbocycles. The molecular weight excluding hydrogens is 747 g/mol. The summed E-state index contributed by atoms with van der Waals surface area (Å²) in [4.78, 5) is 22.6. The van der Waals surface area contributed by atoms with Crippen LogP contribution in [0.25, 0.3) is 11.3 Å². The zero-order chi connectivity index (χ0) is 39.4. The Balaban J connectivity index is 0.000000359. The molecule has 5 nitrogen and oxygen atoms in total. The van der Waals surface area contributed by atoms with Gasteiger partial charge in [-0.1, -0.05) is 11.8 Å². The highest BCUT2D eigenvalue weighted by atomic mass is 32.2. The molecule has 0 saturated heterocycles. The van der Waals surface area contributed by atoms with Crippen LogP contribution < -0.4 is 5.32 Å². The number of hydrogen-bond acceptors (Lipinski definition) is 5. The van der Waals surface area contributed by atoms with E-state index in [1.807, 2.05) is 0 Å². The summed E-state index contributed by atoms with van der Waals surface area (Å²) in [5.41, 5.74) is -4.92. The van der Waals surface area contributed by atoms with Gasteiger partial charge < -0.3 is 10.2 Å². The van der Waals surface area contributed by atoms with Crippen molar-refractivity contribution in [2.75, 3.05) is 20.4 Å². The minimum absolute atomic E-state index is 0.0235. The molecule has 0 aliphatic carbocycles. The molecule has 0 bridgehead atoms. The lowest BCUT2D eigenvalue weighted by Gasteiger charge is -2.21. The quantitative estimate of drug-likeness (QED) is 0.115. The summed E-state index contributed by atoms with van der Waals surface area (Å²) in [7, 11) is 2.67. The van der Waals surface area contributed by atoms with Gasteiger partial charge in [0.1, 0.15) is 5.82 Å². The molecule has 1 heterocycles. The number of benzene rings is 3. The number of nitrogens with zero attached hydrogens (tertiary/aromatic N) is 3. The van der Waals surface area contributed by atoms with Crippen LogP contribution in [-0.4, -0.2) is 41.1 Å². The Morgan fingerprint density at radius 2 is 1.21 bits per heavy atom. The van der Waals surface area contributed by atoms with Gasteiger partial charge in [0.05, 0.1) is 33.5 Å². The van der Waals surface area contributed by atoms with Crippen molar-refractivity contribution in [2.24, 2.45) is 0 Å². The third kappa shape index (κ3) is 11.1. The highest BCUT2D eigenvalue weighted by Crippen LogP contribution is 2.38. The monoisotopic (exact) mass is 774 g/mol. The van der Waals surface area contributed by atoms with E-state index < -0.39 is 65.2 Å². The highest BCUT2D eigenvalue weighted by molar-refractivity contribution is 7.98. The van der Waals surface area contributed by atoms with Crippen molar-refractivity contribution >= 4 is 17.7 Å². The fraction of sp³-hybridized carbons (Fsp3) is 0.303. The van der Waals surface area contributed by atoms with E-state index in [0.29, 0.717) is 40.5 Å². The number of carbonyl (C=O) groups is 1. The topological polar surface area (TPSA) is 58.1 Å². The average molecular weight is 775 g/mol. The van der Waals surface area contributed by atoms with Gasteiger partial charge in [-0.15, -0.1) is 0 Å². The second kappa shape index (κ2) is 16.1. The van der Waals surface area contributed by atoms with Gasteiger partial charge >= 0.3 is 24.7 Å². The minimum Gasteiger partial charge on any atom is -0.337 e. The van der Waals surface area contributed by atoms with E-state index in [2.05, 4.69) is 15.3 Å². The molecule has 19 heteroatoms. The van der Waals surface area contributed by atoms with Gasteiger partial charge in [-0.2, -0.15) is 52.7 Å². The van der Waals surface area contributed by atoms with Crippen LogP contribution in [0.3, 0.4) is 0 Å². The fourth-order valence-corrected chi connectivity index (χ4v) is 5.05. The van der Waals surface area contributed by atoms with Gasteiger partial charge in [-0.05, 0) is 91.5 Å². The maximum Gasteiger partial charge on any atom is 0.416 e. The van der Waals surface area contributed by atoms with E-state index >= 15 is 0 Å². The lowest BCUT2D eigenvalue weighted by molar-refractivity contribution is -0.144. The number of nitrogens with one attached hydrogen (secondary N) is 1. The molecule has 52 heavy (non-hydrogen) atoms. The Morgan fingerprint density at radius 1 is 0.750 bits per heavy atom. The second-order valence-corrected chi connectivity index (χ2v) is 11.9. The third-order valence-corrected chi connectivity index (χ3v) is 7.63. The summed E-state index contributed by atoms with van der Waals surface area (Å²) in [5, 5.41) is 2.82. The number of hydrogen-bond donors (Lipinski definition) is 1. The molecule has 4 rings (SSSR count). The number of rotatable bonds is 7. The van der Waals surface area contributed by atoms with Crippen LogP contribution in [0.15, 0.2) is 66.0 Å². The molecule has 0 saturated carbocycles. The Labute approximate surface area is 292 Å². The van der Waals surface area contributed by atoms with E-state index in [4.69, 9.17) is 0 Å². The Morgan fingerprint density at radius 3 is 1.62 bits per heavy atom. The van der Waals surface area contributed by atoms with Gasteiger partial charge in [-0.3, -0.25) is 4.79 Å². The number of aryl methyl sites for hydroxylation is 1. The SMILES string of the molecule is CNCc1cc(C(F)(F)F)cc(C(F)(F)F)c1.CSc1ncc(C(=O)N(C)Cc2cc(C(F)(F)F)cc(C(F)(F)F)c2)c(-c2ccc(F)cc2C)n1. The highest BCUT2D eigenvalue weighted by Gasteiger charge is 2.38. The summed E-state index contributed by atoms with van der Waals surface area (Å²) in [5.74, 6) is -1.23. The number of thioether (sulfide) groups is 1. The first-order valence-electron chi connectivity index (χ1n) is 14.5. The van der Waals surface area contributed by atoms with Crippen molar-refractivity contribution in [3.05, 3.63) is 111 Å². The van der Waals surface area contributed by atoms with Crippen LogP contribution in [0.4, 0.5) is 57.1 Å². The third-order valence-electron chi connectivity index (χ3n) is 7.07. The average Bonchev–Trinajstić information content (AvgIpc) is 3.02. The van der Waals surface area contributed by atoms with E-state index in [-0.39, 0.29) is 41.1 Å². The van der Waals surface area contributed by atoms with Crippen molar-refractivity contribution in [1.29, 1.82) is 0 Å². The first-order chi connectivity index (χ1) is 23.8. The predicted molar refractivity (Wildman–Crippen MR) is 165 cm³/mol.